The molecule has 0 saturated heterocycles. The summed E-state index contributed by atoms with van der Waals surface area (Å²) in [5, 5.41) is 0. The molecule has 174 valence electrons. The quantitative estimate of drug-likeness (QED) is 0.305. The normalized spacial score (nSPS) is 12.0. The summed E-state index contributed by atoms with van der Waals surface area (Å²) in [7, 11) is 0. The summed E-state index contributed by atoms with van der Waals surface area (Å²) in [6, 6.07) is 22.7. The van der Waals surface area contributed by atoms with Gasteiger partial charge in [0.05, 0.1) is 0 Å². The van der Waals surface area contributed by atoms with Crippen molar-refractivity contribution in [2.75, 3.05) is 0 Å². The van der Waals surface area contributed by atoms with Crippen LogP contribution >= 0.6 is 0 Å². The highest BCUT2D eigenvalue weighted by Gasteiger charge is 2.15. The van der Waals surface area contributed by atoms with E-state index in [2.05, 4.69) is 70.2 Å². The number of nitrogens with two attached hydrogens (primary N) is 1. The number of aryl methyl sites for hydroxylation is 1. The van der Waals surface area contributed by atoms with E-state index in [0.29, 0.717) is 11.5 Å². The zero-order valence-electron chi connectivity index (χ0n) is 20.4. The lowest BCUT2D eigenvalue weighted by Gasteiger charge is -2.21. The smallest absolute Gasteiger partial charge is 0.248 e. The molecule has 0 aliphatic carbocycles. The van der Waals surface area contributed by atoms with Gasteiger partial charge in [-0.2, -0.15) is 0 Å². The Morgan fingerprint density at radius 1 is 0.879 bits per heavy atom. The van der Waals surface area contributed by atoms with E-state index in [9.17, 15) is 4.79 Å². The van der Waals surface area contributed by atoms with Crippen LogP contribution in [0, 0.1) is 6.92 Å². The third kappa shape index (κ3) is 6.71. The number of carbonyl (C=O) groups excluding carboxylic acids is 1. The first kappa shape index (κ1) is 24.6. The number of rotatable bonds is 11. The second-order valence-corrected chi connectivity index (χ2v) is 9.20. The average molecular weight is 444 g/mol. The van der Waals surface area contributed by atoms with E-state index in [1.54, 1.807) is 12.1 Å². The highest BCUT2D eigenvalue weighted by Crippen LogP contribution is 2.32. The first-order valence-electron chi connectivity index (χ1n) is 12.2. The van der Waals surface area contributed by atoms with E-state index in [0.717, 1.165) is 24.2 Å². The molecular weight excluding hydrogens is 406 g/mol. The topological polar surface area (TPSA) is 52.3 Å². The molecule has 1 unspecified atom stereocenters. The van der Waals surface area contributed by atoms with Crippen LogP contribution in [0.3, 0.4) is 0 Å². The summed E-state index contributed by atoms with van der Waals surface area (Å²) < 4.78 is 6.49. The number of hydrogen-bond donors (Lipinski definition) is 1. The van der Waals surface area contributed by atoms with Gasteiger partial charge in [-0.1, -0.05) is 82.5 Å². The van der Waals surface area contributed by atoms with Crippen molar-refractivity contribution in [2.24, 2.45) is 5.73 Å². The highest BCUT2D eigenvalue weighted by atomic mass is 16.5. The molecule has 0 aliphatic rings. The average Bonchev–Trinajstić information content (AvgIpc) is 2.81. The van der Waals surface area contributed by atoms with Gasteiger partial charge in [-0.05, 0) is 77.8 Å². The fourth-order valence-electron chi connectivity index (χ4n) is 4.16. The lowest BCUT2D eigenvalue weighted by atomic mass is 9.96. The Hall–Kier alpha value is -3.07. The molecule has 2 N–H and O–H groups in total. The molecule has 33 heavy (non-hydrogen) atoms. The van der Waals surface area contributed by atoms with E-state index in [1.165, 1.54) is 41.5 Å². The molecular formula is C30H37NO2. The van der Waals surface area contributed by atoms with Crippen molar-refractivity contribution in [2.45, 2.75) is 71.8 Å². The van der Waals surface area contributed by atoms with Crippen LogP contribution in [0.25, 0.3) is 11.1 Å². The number of unbranched alkanes of at least 4 members (excludes halogenated alkanes) is 3. The predicted octanol–water partition coefficient (Wildman–Crippen LogP) is 7.97. The van der Waals surface area contributed by atoms with Crippen LogP contribution in [-0.4, -0.2) is 5.91 Å². The number of benzene rings is 3. The Kier molecular flexibility index (Phi) is 8.71. The molecule has 0 radical (unpaired) electrons. The number of ether oxygens (including phenoxy) is 1. The summed E-state index contributed by atoms with van der Waals surface area (Å²) >= 11 is 0. The monoisotopic (exact) mass is 443 g/mol. The van der Waals surface area contributed by atoms with Crippen LogP contribution in [0.5, 0.6) is 5.75 Å². The van der Waals surface area contributed by atoms with E-state index in [-0.39, 0.29) is 6.10 Å². The summed E-state index contributed by atoms with van der Waals surface area (Å²) in [4.78, 5) is 11.4. The second-order valence-electron chi connectivity index (χ2n) is 9.20. The van der Waals surface area contributed by atoms with Gasteiger partial charge in [0.2, 0.25) is 5.91 Å². The van der Waals surface area contributed by atoms with Crippen molar-refractivity contribution in [3.63, 3.8) is 0 Å². The van der Waals surface area contributed by atoms with Gasteiger partial charge >= 0.3 is 0 Å². The first-order valence-corrected chi connectivity index (χ1v) is 12.2. The van der Waals surface area contributed by atoms with Crippen LogP contribution < -0.4 is 10.5 Å². The molecule has 3 nitrogen and oxygen atoms in total. The molecule has 0 bridgehead atoms. The molecule has 0 spiro atoms. The van der Waals surface area contributed by atoms with E-state index < -0.39 is 5.91 Å². The van der Waals surface area contributed by atoms with Crippen LogP contribution in [0.1, 0.15) is 91.9 Å². The van der Waals surface area contributed by atoms with Gasteiger partial charge in [0.25, 0.3) is 0 Å². The second kappa shape index (κ2) is 11.7. The van der Waals surface area contributed by atoms with Crippen molar-refractivity contribution in [3.8, 4) is 16.9 Å². The number of carbonyl (C=O) groups is 1. The van der Waals surface area contributed by atoms with Crippen LogP contribution in [0.15, 0.2) is 66.7 Å². The van der Waals surface area contributed by atoms with Gasteiger partial charge in [0.15, 0.2) is 0 Å². The van der Waals surface area contributed by atoms with Crippen molar-refractivity contribution < 1.29 is 9.53 Å². The molecule has 1 atom stereocenters. The summed E-state index contributed by atoms with van der Waals surface area (Å²) in [6.07, 6.45) is 5.62. The third-order valence-electron chi connectivity index (χ3n) is 6.25. The Labute approximate surface area is 199 Å². The Balaban J connectivity index is 1.79. The Bertz CT molecular complexity index is 1040. The minimum absolute atomic E-state index is 0.0562. The van der Waals surface area contributed by atoms with E-state index in [1.807, 2.05) is 12.1 Å². The van der Waals surface area contributed by atoms with Crippen LogP contribution in [-0.2, 0) is 0 Å². The number of amides is 1. The van der Waals surface area contributed by atoms with Gasteiger partial charge in [0.1, 0.15) is 11.9 Å². The minimum Gasteiger partial charge on any atom is -0.486 e. The number of hydrogen-bond acceptors (Lipinski definition) is 2. The van der Waals surface area contributed by atoms with E-state index >= 15 is 0 Å². The maximum Gasteiger partial charge on any atom is 0.248 e. The lowest BCUT2D eigenvalue weighted by Crippen LogP contribution is -2.12. The third-order valence-corrected chi connectivity index (χ3v) is 6.25. The van der Waals surface area contributed by atoms with Crippen molar-refractivity contribution in [1.82, 2.24) is 0 Å². The highest BCUT2D eigenvalue weighted by molar-refractivity contribution is 5.92. The molecule has 0 fully saturated rings. The summed E-state index contributed by atoms with van der Waals surface area (Å²) in [5.41, 5.74) is 12.0. The van der Waals surface area contributed by atoms with Crippen molar-refractivity contribution in [3.05, 3.63) is 89.0 Å². The maximum atomic E-state index is 11.4. The van der Waals surface area contributed by atoms with Gasteiger partial charge in [-0.15, -0.1) is 0 Å². The standard InChI is InChI=1S/C30H37NO2/c1-5-6-7-8-9-29(25-14-16-26(17-15-25)30(31)32)33-27-18-19-28(22(4)20-27)24-12-10-23(11-13-24)21(2)3/h10-21,29H,5-9H2,1-4H3,(H2,31,32). The molecule has 3 rings (SSSR count). The molecule has 0 saturated carbocycles. The van der Waals surface area contributed by atoms with Crippen molar-refractivity contribution in [1.29, 1.82) is 0 Å². The van der Waals surface area contributed by atoms with Crippen LogP contribution in [0.4, 0.5) is 0 Å². The van der Waals surface area contributed by atoms with E-state index in [4.69, 9.17) is 10.5 Å². The van der Waals surface area contributed by atoms with Crippen LogP contribution in [0.2, 0.25) is 0 Å². The number of primary amides is 1. The molecule has 1 amide bonds. The fraction of sp³-hybridized carbons (Fsp3) is 0.367. The molecule has 0 aromatic heterocycles. The maximum absolute atomic E-state index is 11.4. The molecule has 3 aromatic carbocycles. The van der Waals surface area contributed by atoms with Gasteiger partial charge in [-0.3, -0.25) is 4.79 Å². The van der Waals surface area contributed by atoms with Gasteiger partial charge < -0.3 is 10.5 Å². The zero-order valence-corrected chi connectivity index (χ0v) is 20.4. The minimum atomic E-state index is -0.408. The van der Waals surface area contributed by atoms with Gasteiger partial charge in [0, 0.05) is 5.56 Å². The molecule has 3 heteroatoms. The van der Waals surface area contributed by atoms with Crippen molar-refractivity contribution >= 4 is 5.91 Å². The Morgan fingerprint density at radius 3 is 2.12 bits per heavy atom. The first-order chi connectivity index (χ1) is 15.9. The predicted molar refractivity (Wildman–Crippen MR) is 138 cm³/mol. The molecule has 0 heterocycles. The van der Waals surface area contributed by atoms with Gasteiger partial charge in [-0.25, -0.2) is 0 Å². The molecule has 0 aliphatic heterocycles. The lowest BCUT2D eigenvalue weighted by molar-refractivity contribution is 0.1000. The zero-order chi connectivity index (χ0) is 23.8. The SMILES string of the molecule is CCCCCCC(Oc1ccc(-c2ccc(C(C)C)cc2)c(C)c1)c1ccc(C(N)=O)cc1. The molecule has 3 aromatic rings. The Morgan fingerprint density at radius 2 is 1.55 bits per heavy atom. The summed E-state index contributed by atoms with van der Waals surface area (Å²) in [6.45, 7) is 8.78. The summed E-state index contributed by atoms with van der Waals surface area (Å²) in [5.74, 6) is 0.992. The fourth-order valence-corrected chi connectivity index (χ4v) is 4.16. The largest absolute Gasteiger partial charge is 0.486 e.